The minimum atomic E-state index is 0.744. The molecule has 0 aliphatic rings. The van der Waals surface area contributed by atoms with Crippen LogP contribution in [0.15, 0.2) is 55.0 Å². The molecular formula is C14H14N4. The number of fused-ring (bicyclic) bond motifs is 1. The van der Waals surface area contributed by atoms with E-state index in [1.165, 1.54) is 5.69 Å². The van der Waals surface area contributed by atoms with Crippen molar-refractivity contribution in [3.8, 4) is 0 Å². The molecule has 0 fully saturated rings. The lowest BCUT2D eigenvalue weighted by molar-refractivity contribution is 0.895. The predicted molar refractivity (Wildman–Crippen MR) is 71.5 cm³/mol. The molecule has 0 bridgehead atoms. The van der Waals surface area contributed by atoms with Crippen LogP contribution in [0.2, 0.25) is 0 Å². The molecule has 0 spiro atoms. The summed E-state index contributed by atoms with van der Waals surface area (Å²) in [5.41, 5.74) is 2.20. The predicted octanol–water partition coefficient (Wildman–Crippen LogP) is 2.37. The van der Waals surface area contributed by atoms with Gasteiger partial charge in [0.25, 0.3) is 0 Å². The fraction of sp³-hybridized carbons (Fsp3) is 0.143. The third-order valence-corrected chi connectivity index (χ3v) is 2.88. The summed E-state index contributed by atoms with van der Waals surface area (Å²) in [6.07, 6.45) is 5.73. The van der Waals surface area contributed by atoms with Crippen molar-refractivity contribution in [1.82, 2.24) is 14.4 Å². The molecule has 0 atom stereocenters. The minimum Gasteiger partial charge on any atom is -0.369 e. The summed E-state index contributed by atoms with van der Waals surface area (Å²) in [6, 6.07) is 12.2. The Hall–Kier alpha value is -2.36. The summed E-state index contributed by atoms with van der Waals surface area (Å²) in [5.74, 6) is 0.744. The molecule has 0 N–H and O–H groups in total. The van der Waals surface area contributed by atoms with Gasteiger partial charge in [0.15, 0.2) is 0 Å². The molecule has 0 amide bonds. The van der Waals surface area contributed by atoms with E-state index < -0.39 is 0 Å². The molecule has 2 heterocycles. The lowest BCUT2D eigenvalue weighted by Gasteiger charge is -2.17. The first-order valence-corrected chi connectivity index (χ1v) is 5.88. The van der Waals surface area contributed by atoms with Crippen molar-refractivity contribution in [2.24, 2.45) is 0 Å². The van der Waals surface area contributed by atoms with Gasteiger partial charge < -0.3 is 4.90 Å². The largest absolute Gasteiger partial charge is 0.369 e. The van der Waals surface area contributed by atoms with Crippen LogP contribution in [0.25, 0.3) is 5.78 Å². The van der Waals surface area contributed by atoms with Crippen molar-refractivity contribution < 1.29 is 0 Å². The van der Waals surface area contributed by atoms with Crippen LogP contribution >= 0.6 is 0 Å². The van der Waals surface area contributed by atoms with Crippen molar-refractivity contribution >= 4 is 11.5 Å². The maximum absolute atomic E-state index is 4.49. The summed E-state index contributed by atoms with van der Waals surface area (Å²) in [4.78, 5) is 10.9. The Morgan fingerprint density at radius 1 is 1.17 bits per heavy atom. The molecule has 18 heavy (non-hydrogen) atoms. The van der Waals surface area contributed by atoms with E-state index in [1.54, 1.807) is 6.20 Å². The second-order valence-electron chi connectivity index (χ2n) is 4.25. The lowest BCUT2D eigenvalue weighted by atomic mass is 10.3. The van der Waals surface area contributed by atoms with Crippen LogP contribution in [0.1, 0.15) is 5.69 Å². The number of aromatic nitrogens is 3. The number of benzene rings is 1. The van der Waals surface area contributed by atoms with Crippen molar-refractivity contribution in [2.75, 3.05) is 11.9 Å². The summed E-state index contributed by atoms with van der Waals surface area (Å²) >= 11 is 0. The summed E-state index contributed by atoms with van der Waals surface area (Å²) in [6.45, 7) is 0.771. The van der Waals surface area contributed by atoms with E-state index in [0.29, 0.717) is 0 Å². The van der Waals surface area contributed by atoms with E-state index in [0.717, 1.165) is 18.0 Å². The fourth-order valence-electron chi connectivity index (χ4n) is 1.97. The van der Waals surface area contributed by atoms with Gasteiger partial charge in [0.1, 0.15) is 0 Å². The van der Waals surface area contributed by atoms with Gasteiger partial charge in [-0.05, 0) is 18.2 Å². The summed E-state index contributed by atoms with van der Waals surface area (Å²) < 4.78 is 1.94. The highest BCUT2D eigenvalue weighted by molar-refractivity contribution is 5.45. The number of hydrogen-bond acceptors (Lipinski definition) is 3. The lowest BCUT2D eigenvalue weighted by Crippen LogP contribution is -2.16. The van der Waals surface area contributed by atoms with Gasteiger partial charge in [-0.1, -0.05) is 18.2 Å². The third-order valence-electron chi connectivity index (χ3n) is 2.88. The standard InChI is InChI=1S/C14H14N4/c1-17(13-6-3-2-4-7-13)10-12-11-18-9-5-8-15-14(18)16-12/h2-9,11H,10H2,1H3. The van der Waals surface area contributed by atoms with Crippen molar-refractivity contribution in [3.05, 3.63) is 60.7 Å². The Bertz CT molecular complexity index is 612. The molecule has 0 aliphatic heterocycles. The zero-order valence-corrected chi connectivity index (χ0v) is 10.2. The number of anilines is 1. The van der Waals surface area contributed by atoms with Crippen molar-refractivity contribution in [2.45, 2.75) is 6.54 Å². The maximum atomic E-state index is 4.49. The molecular weight excluding hydrogens is 224 g/mol. The molecule has 2 aromatic heterocycles. The van der Waals surface area contributed by atoms with Gasteiger partial charge in [-0.25, -0.2) is 9.97 Å². The second-order valence-corrected chi connectivity index (χ2v) is 4.25. The Morgan fingerprint density at radius 3 is 2.78 bits per heavy atom. The highest BCUT2D eigenvalue weighted by atomic mass is 15.1. The van der Waals surface area contributed by atoms with Crippen LogP contribution in [-0.4, -0.2) is 21.4 Å². The van der Waals surface area contributed by atoms with Gasteiger partial charge in [-0.15, -0.1) is 0 Å². The average Bonchev–Trinajstić information content (AvgIpc) is 2.82. The van der Waals surface area contributed by atoms with E-state index in [4.69, 9.17) is 0 Å². The summed E-state index contributed by atoms with van der Waals surface area (Å²) in [5, 5.41) is 0. The molecule has 3 aromatic rings. The molecule has 0 saturated heterocycles. The number of para-hydroxylation sites is 1. The highest BCUT2D eigenvalue weighted by Gasteiger charge is 2.05. The zero-order valence-electron chi connectivity index (χ0n) is 10.2. The van der Waals surface area contributed by atoms with Gasteiger partial charge in [0.05, 0.1) is 12.2 Å². The smallest absolute Gasteiger partial charge is 0.233 e. The second kappa shape index (κ2) is 4.49. The molecule has 1 aromatic carbocycles. The molecule has 4 nitrogen and oxygen atoms in total. The first-order chi connectivity index (χ1) is 8.83. The van der Waals surface area contributed by atoms with E-state index in [2.05, 4.69) is 34.0 Å². The van der Waals surface area contributed by atoms with Crippen LogP contribution in [0.5, 0.6) is 0 Å². The molecule has 0 unspecified atom stereocenters. The number of rotatable bonds is 3. The topological polar surface area (TPSA) is 33.4 Å². The maximum Gasteiger partial charge on any atom is 0.233 e. The van der Waals surface area contributed by atoms with Gasteiger partial charge in [-0.3, -0.25) is 4.40 Å². The Morgan fingerprint density at radius 2 is 2.00 bits per heavy atom. The van der Waals surface area contributed by atoms with Crippen LogP contribution < -0.4 is 4.90 Å². The van der Waals surface area contributed by atoms with Crippen LogP contribution in [-0.2, 0) is 6.54 Å². The monoisotopic (exact) mass is 238 g/mol. The highest BCUT2D eigenvalue weighted by Crippen LogP contribution is 2.14. The van der Waals surface area contributed by atoms with E-state index in [1.807, 2.05) is 41.1 Å². The zero-order chi connectivity index (χ0) is 12.4. The molecule has 90 valence electrons. The average molecular weight is 238 g/mol. The third kappa shape index (κ3) is 2.05. The first-order valence-electron chi connectivity index (χ1n) is 5.88. The van der Waals surface area contributed by atoms with Gasteiger partial charge in [0, 0.05) is 31.3 Å². The van der Waals surface area contributed by atoms with E-state index in [9.17, 15) is 0 Å². The van der Waals surface area contributed by atoms with Crippen LogP contribution in [0.4, 0.5) is 5.69 Å². The fourth-order valence-corrected chi connectivity index (χ4v) is 1.97. The number of hydrogen-bond donors (Lipinski definition) is 0. The van der Waals surface area contributed by atoms with E-state index >= 15 is 0 Å². The molecule has 3 rings (SSSR count). The Balaban J connectivity index is 1.84. The quantitative estimate of drug-likeness (QED) is 0.702. The molecule has 4 heteroatoms. The SMILES string of the molecule is CN(Cc1cn2cccnc2n1)c1ccccc1. The Kier molecular flexibility index (Phi) is 2.68. The summed E-state index contributed by atoms with van der Waals surface area (Å²) in [7, 11) is 2.06. The first kappa shape index (κ1) is 10.8. The number of imidazole rings is 1. The number of nitrogens with zero attached hydrogens (tertiary/aromatic N) is 4. The van der Waals surface area contributed by atoms with Crippen LogP contribution in [0.3, 0.4) is 0 Å². The normalized spacial score (nSPS) is 10.7. The van der Waals surface area contributed by atoms with Crippen molar-refractivity contribution in [1.29, 1.82) is 0 Å². The van der Waals surface area contributed by atoms with Crippen molar-refractivity contribution in [3.63, 3.8) is 0 Å². The van der Waals surface area contributed by atoms with Gasteiger partial charge >= 0.3 is 0 Å². The van der Waals surface area contributed by atoms with Crippen LogP contribution in [0, 0.1) is 0 Å². The van der Waals surface area contributed by atoms with E-state index in [-0.39, 0.29) is 0 Å². The van der Waals surface area contributed by atoms with Gasteiger partial charge in [0.2, 0.25) is 5.78 Å². The molecule has 0 aliphatic carbocycles. The minimum absolute atomic E-state index is 0.744. The molecule has 0 radical (unpaired) electrons. The Labute approximate surface area is 106 Å². The molecule has 0 saturated carbocycles. The van der Waals surface area contributed by atoms with Gasteiger partial charge in [-0.2, -0.15) is 0 Å².